The standard InChI is InChI=1S/C22H28N2O4/c1-14-12-24(13-15(2)27-14)21(25)17-8-10-23(11-9-17)22(26)20-16(3)18-6-4-5-7-19(18)28-20/h4-7,14-15,17H,8-13H2,1-3H3. The van der Waals surface area contributed by atoms with Crippen LogP contribution in [0, 0.1) is 12.8 Å². The van der Waals surface area contributed by atoms with Crippen molar-refractivity contribution in [2.45, 2.75) is 45.8 Å². The summed E-state index contributed by atoms with van der Waals surface area (Å²) in [6.45, 7) is 8.42. The molecule has 150 valence electrons. The summed E-state index contributed by atoms with van der Waals surface area (Å²) in [5.41, 5.74) is 1.62. The Hall–Kier alpha value is -2.34. The lowest BCUT2D eigenvalue weighted by Crippen LogP contribution is -2.51. The molecule has 0 bridgehead atoms. The van der Waals surface area contributed by atoms with Crippen molar-refractivity contribution in [1.82, 2.24) is 9.80 Å². The van der Waals surface area contributed by atoms with Crippen molar-refractivity contribution in [2.75, 3.05) is 26.2 Å². The molecule has 3 heterocycles. The first-order chi connectivity index (χ1) is 13.4. The number of piperidine rings is 1. The molecule has 2 fully saturated rings. The van der Waals surface area contributed by atoms with E-state index in [2.05, 4.69) is 0 Å². The van der Waals surface area contributed by atoms with Crippen molar-refractivity contribution in [3.63, 3.8) is 0 Å². The quantitative estimate of drug-likeness (QED) is 0.798. The van der Waals surface area contributed by atoms with Crippen LogP contribution in [0.2, 0.25) is 0 Å². The highest BCUT2D eigenvalue weighted by Gasteiger charge is 2.34. The molecule has 6 heteroatoms. The van der Waals surface area contributed by atoms with Crippen molar-refractivity contribution in [2.24, 2.45) is 5.92 Å². The molecule has 0 radical (unpaired) electrons. The second-order valence-corrected chi connectivity index (χ2v) is 8.12. The lowest BCUT2D eigenvalue weighted by atomic mass is 9.94. The van der Waals surface area contributed by atoms with E-state index in [-0.39, 0.29) is 29.9 Å². The summed E-state index contributed by atoms with van der Waals surface area (Å²) in [6, 6.07) is 7.71. The van der Waals surface area contributed by atoms with Gasteiger partial charge in [-0.25, -0.2) is 0 Å². The number of para-hydroxylation sites is 1. The molecule has 0 N–H and O–H groups in total. The summed E-state index contributed by atoms with van der Waals surface area (Å²) in [5, 5.41) is 0.978. The second kappa shape index (κ2) is 7.59. The Morgan fingerprint density at radius 3 is 2.29 bits per heavy atom. The van der Waals surface area contributed by atoms with Gasteiger partial charge in [0, 0.05) is 43.0 Å². The number of rotatable bonds is 2. The van der Waals surface area contributed by atoms with Gasteiger partial charge in [0.05, 0.1) is 12.2 Å². The Labute approximate surface area is 165 Å². The number of carbonyl (C=O) groups excluding carboxylic acids is 2. The highest BCUT2D eigenvalue weighted by molar-refractivity contribution is 5.99. The first-order valence-corrected chi connectivity index (χ1v) is 10.2. The van der Waals surface area contributed by atoms with E-state index < -0.39 is 0 Å². The number of hydrogen-bond acceptors (Lipinski definition) is 4. The molecule has 2 unspecified atom stereocenters. The maximum absolute atomic E-state index is 13.0. The van der Waals surface area contributed by atoms with Gasteiger partial charge in [0.2, 0.25) is 5.91 Å². The van der Waals surface area contributed by atoms with Gasteiger partial charge in [-0.1, -0.05) is 18.2 Å². The van der Waals surface area contributed by atoms with Crippen LogP contribution in [0.15, 0.2) is 28.7 Å². The van der Waals surface area contributed by atoms with Crippen molar-refractivity contribution < 1.29 is 18.7 Å². The summed E-state index contributed by atoms with van der Waals surface area (Å²) in [7, 11) is 0. The van der Waals surface area contributed by atoms with Crippen LogP contribution >= 0.6 is 0 Å². The van der Waals surface area contributed by atoms with E-state index in [1.807, 2.05) is 54.8 Å². The van der Waals surface area contributed by atoms with Crippen molar-refractivity contribution in [3.8, 4) is 0 Å². The maximum atomic E-state index is 13.0. The van der Waals surface area contributed by atoms with Gasteiger partial charge in [-0.2, -0.15) is 0 Å². The molecule has 2 saturated heterocycles. The Balaban J connectivity index is 1.40. The molecular weight excluding hydrogens is 356 g/mol. The predicted octanol–water partition coefficient (Wildman–Crippen LogP) is 3.23. The Morgan fingerprint density at radius 2 is 1.64 bits per heavy atom. The van der Waals surface area contributed by atoms with Crippen LogP contribution in [0.3, 0.4) is 0 Å². The fourth-order valence-electron chi connectivity index (χ4n) is 4.47. The molecule has 2 aliphatic heterocycles. The average molecular weight is 384 g/mol. The third-order valence-corrected chi connectivity index (χ3v) is 5.90. The number of morpholine rings is 1. The van der Waals surface area contributed by atoms with E-state index in [4.69, 9.17) is 9.15 Å². The molecule has 4 rings (SSSR count). The lowest BCUT2D eigenvalue weighted by molar-refractivity contribution is -0.148. The highest BCUT2D eigenvalue weighted by atomic mass is 16.5. The molecule has 1 aromatic carbocycles. The van der Waals surface area contributed by atoms with Crippen LogP contribution < -0.4 is 0 Å². The number of fused-ring (bicyclic) bond motifs is 1. The zero-order valence-electron chi connectivity index (χ0n) is 16.8. The number of carbonyl (C=O) groups is 2. The van der Waals surface area contributed by atoms with Crippen LogP contribution in [-0.2, 0) is 9.53 Å². The maximum Gasteiger partial charge on any atom is 0.289 e. The number of benzene rings is 1. The van der Waals surface area contributed by atoms with E-state index in [0.29, 0.717) is 44.8 Å². The van der Waals surface area contributed by atoms with E-state index in [0.717, 1.165) is 16.5 Å². The van der Waals surface area contributed by atoms with Gasteiger partial charge in [0.1, 0.15) is 5.58 Å². The number of nitrogens with zero attached hydrogens (tertiary/aromatic N) is 2. The number of likely N-dealkylation sites (tertiary alicyclic amines) is 1. The molecule has 28 heavy (non-hydrogen) atoms. The zero-order valence-corrected chi connectivity index (χ0v) is 16.8. The summed E-state index contributed by atoms with van der Waals surface area (Å²) in [5.74, 6) is 0.530. The molecule has 2 atom stereocenters. The Bertz CT molecular complexity index is 872. The fourth-order valence-corrected chi connectivity index (χ4v) is 4.47. The van der Waals surface area contributed by atoms with Crippen LogP contribution in [0.25, 0.3) is 11.0 Å². The lowest BCUT2D eigenvalue weighted by Gasteiger charge is -2.39. The first kappa shape index (κ1) is 19.0. The Morgan fingerprint density at radius 1 is 1.00 bits per heavy atom. The number of furan rings is 1. The van der Waals surface area contributed by atoms with E-state index in [9.17, 15) is 9.59 Å². The third-order valence-electron chi connectivity index (χ3n) is 5.90. The number of ether oxygens (including phenoxy) is 1. The molecule has 2 aliphatic rings. The van der Waals surface area contributed by atoms with Gasteiger partial charge in [-0.05, 0) is 39.7 Å². The van der Waals surface area contributed by atoms with Gasteiger partial charge < -0.3 is 19.0 Å². The fraction of sp³-hybridized carbons (Fsp3) is 0.545. The molecule has 2 aromatic rings. The summed E-state index contributed by atoms with van der Waals surface area (Å²) < 4.78 is 11.6. The summed E-state index contributed by atoms with van der Waals surface area (Å²) >= 11 is 0. The third kappa shape index (κ3) is 3.53. The van der Waals surface area contributed by atoms with Gasteiger partial charge in [0.15, 0.2) is 5.76 Å². The van der Waals surface area contributed by atoms with Gasteiger partial charge in [-0.3, -0.25) is 9.59 Å². The van der Waals surface area contributed by atoms with Crippen molar-refractivity contribution in [1.29, 1.82) is 0 Å². The molecule has 0 saturated carbocycles. The van der Waals surface area contributed by atoms with Gasteiger partial charge >= 0.3 is 0 Å². The van der Waals surface area contributed by atoms with Crippen molar-refractivity contribution >= 4 is 22.8 Å². The first-order valence-electron chi connectivity index (χ1n) is 10.2. The average Bonchev–Trinajstić information content (AvgIpc) is 3.03. The molecule has 0 aliphatic carbocycles. The van der Waals surface area contributed by atoms with E-state index in [1.54, 1.807) is 0 Å². The minimum atomic E-state index is -0.0757. The minimum absolute atomic E-state index is 0.0154. The largest absolute Gasteiger partial charge is 0.451 e. The normalized spacial score (nSPS) is 24.0. The number of hydrogen-bond donors (Lipinski definition) is 0. The molecule has 2 amide bonds. The highest BCUT2D eigenvalue weighted by Crippen LogP contribution is 2.28. The van der Waals surface area contributed by atoms with E-state index in [1.165, 1.54) is 0 Å². The van der Waals surface area contributed by atoms with Crippen molar-refractivity contribution in [3.05, 3.63) is 35.6 Å². The van der Waals surface area contributed by atoms with Crippen LogP contribution in [0.1, 0.15) is 42.8 Å². The smallest absolute Gasteiger partial charge is 0.289 e. The SMILES string of the molecule is Cc1c(C(=O)N2CCC(C(=O)N3CC(C)OC(C)C3)CC2)oc2ccccc12. The Kier molecular flexibility index (Phi) is 5.15. The van der Waals surface area contributed by atoms with Crippen LogP contribution in [-0.4, -0.2) is 60.0 Å². The molecule has 6 nitrogen and oxygen atoms in total. The number of amides is 2. The molecule has 1 aromatic heterocycles. The topological polar surface area (TPSA) is 63.0 Å². The van der Waals surface area contributed by atoms with Crippen LogP contribution in [0.5, 0.6) is 0 Å². The minimum Gasteiger partial charge on any atom is -0.451 e. The number of aryl methyl sites for hydroxylation is 1. The van der Waals surface area contributed by atoms with Gasteiger partial charge in [0.25, 0.3) is 5.91 Å². The van der Waals surface area contributed by atoms with Gasteiger partial charge in [-0.15, -0.1) is 0 Å². The van der Waals surface area contributed by atoms with Crippen LogP contribution in [0.4, 0.5) is 0 Å². The summed E-state index contributed by atoms with van der Waals surface area (Å²) in [4.78, 5) is 29.6. The molecular formula is C22H28N2O4. The summed E-state index contributed by atoms with van der Waals surface area (Å²) in [6.07, 6.45) is 1.55. The van der Waals surface area contributed by atoms with E-state index >= 15 is 0 Å². The predicted molar refractivity (Wildman–Crippen MR) is 106 cm³/mol. The zero-order chi connectivity index (χ0) is 19.8. The second-order valence-electron chi connectivity index (χ2n) is 8.12. The molecule has 0 spiro atoms. The monoisotopic (exact) mass is 384 g/mol.